The van der Waals surface area contributed by atoms with Crippen molar-refractivity contribution >= 4 is 41.1 Å². The summed E-state index contributed by atoms with van der Waals surface area (Å²) in [5, 5.41) is 14.1. The number of rotatable bonds is 6. The maximum absolute atomic E-state index is 12.6. The Balaban J connectivity index is 1.71. The molecule has 0 aliphatic carbocycles. The van der Waals surface area contributed by atoms with E-state index < -0.39 is 18.5 Å². The molecule has 1 N–H and O–H groups in total. The Hall–Kier alpha value is -3.59. The smallest absolute Gasteiger partial charge is 0.357 e. The third kappa shape index (κ3) is 4.98. The molecule has 0 aliphatic rings. The number of carbonyl (C=O) groups excluding carboxylic acids is 2. The molecule has 0 radical (unpaired) electrons. The first-order valence-electron chi connectivity index (χ1n) is 8.13. The predicted octanol–water partition coefficient (Wildman–Crippen LogP) is 2.21. The van der Waals surface area contributed by atoms with Gasteiger partial charge < -0.3 is 10.1 Å². The van der Waals surface area contributed by atoms with Crippen LogP contribution in [-0.4, -0.2) is 43.7 Å². The molecule has 1 amide bonds. The van der Waals surface area contributed by atoms with Gasteiger partial charge in [-0.05, 0) is 41.1 Å². The maximum atomic E-state index is 12.6. The summed E-state index contributed by atoms with van der Waals surface area (Å²) >= 11 is 5.74. The van der Waals surface area contributed by atoms with E-state index in [-0.39, 0.29) is 5.70 Å². The van der Waals surface area contributed by atoms with E-state index in [0.717, 1.165) is 5.56 Å². The van der Waals surface area contributed by atoms with E-state index in [4.69, 9.17) is 16.3 Å². The van der Waals surface area contributed by atoms with Crippen LogP contribution in [0.3, 0.4) is 0 Å². The molecular formula is C18H15ClN6O3. The van der Waals surface area contributed by atoms with Gasteiger partial charge in [0.05, 0.1) is 5.02 Å². The number of benzene rings is 1. The van der Waals surface area contributed by atoms with E-state index in [1.807, 2.05) is 30.3 Å². The monoisotopic (exact) mass is 398 g/mol. The van der Waals surface area contributed by atoms with Gasteiger partial charge in [-0.2, -0.15) is 4.68 Å². The van der Waals surface area contributed by atoms with Crippen molar-refractivity contribution in [2.24, 2.45) is 0 Å². The number of nitrogens with one attached hydrogen (secondary N) is 1. The predicted molar refractivity (Wildman–Crippen MR) is 102 cm³/mol. The third-order valence-electron chi connectivity index (χ3n) is 3.49. The van der Waals surface area contributed by atoms with E-state index in [1.54, 1.807) is 19.1 Å². The zero-order valence-electron chi connectivity index (χ0n) is 14.7. The van der Waals surface area contributed by atoms with Crippen molar-refractivity contribution in [3.8, 4) is 0 Å². The van der Waals surface area contributed by atoms with Gasteiger partial charge in [-0.3, -0.25) is 4.79 Å². The topological polar surface area (TPSA) is 112 Å². The molecule has 10 heteroatoms. The molecular weight excluding hydrogens is 384 g/mol. The van der Waals surface area contributed by atoms with Gasteiger partial charge in [0.1, 0.15) is 5.82 Å². The van der Waals surface area contributed by atoms with E-state index in [0.29, 0.717) is 16.7 Å². The lowest BCUT2D eigenvalue weighted by atomic mass is 10.2. The first-order valence-corrected chi connectivity index (χ1v) is 8.51. The number of amides is 1. The molecule has 0 saturated heterocycles. The summed E-state index contributed by atoms with van der Waals surface area (Å²) in [6.45, 7) is 1.14. The second-order valence-electron chi connectivity index (χ2n) is 5.56. The van der Waals surface area contributed by atoms with Crippen LogP contribution in [0.1, 0.15) is 11.4 Å². The number of esters is 1. The van der Waals surface area contributed by atoms with Crippen LogP contribution in [0.25, 0.3) is 11.8 Å². The molecule has 9 nitrogen and oxygen atoms in total. The average Bonchev–Trinajstić information content (AvgIpc) is 3.12. The van der Waals surface area contributed by atoms with Crippen molar-refractivity contribution in [2.75, 3.05) is 11.9 Å². The zero-order valence-corrected chi connectivity index (χ0v) is 15.5. The number of anilines is 1. The van der Waals surface area contributed by atoms with Crippen molar-refractivity contribution in [1.82, 2.24) is 25.2 Å². The van der Waals surface area contributed by atoms with Crippen molar-refractivity contribution < 1.29 is 14.3 Å². The summed E-state index contributed by atoms with van der Waals surface area (Å²) in [6.07, 6.45) is 2.97. The number of aryl methyl sites for hydroxylation is 1. The van der Waals surface area contributed by atoms with Gasteiger partial charge in [0.15, 0.2) is 18.1 Å². The van der Waals surface area contributed by atoms with E-state index in [9.17, 15) is 9.59 Å². The molecule has 0 saturated carbocycles. The maximum Gasteiger partial charge on any atom is 0.357 e. The summed E-state index contributed by atoms with van der Waals surface area (Å²) in [6, 6.07) is 12.2. The molecule has 0 fully saturated rings. The number of hydrogen-bond acceptors (Lipinski definition) is 7. The number of nitrogens with zero attached hydrogens (tertiary/aromatic N) is 5. The number of halogens is 1. The number of carbonyl (C=O) groups is 2. The summed E-state index contributed by atoms with van der Waals surface area (Å²) in [5.41, 5.74) is 0.824. The van der Waals surface area contributed by atoms with Crippen LogP contribution in [0.15, 0.2) is 48.7 Å². The molecule has 0 aliphatic heterocycles. The summed E-state index contributed by atoms with van der Waals surface area (Å²) < 4.78 is 6.37. The summed E-state index contributed by atoms with van der Waals surface area (Å²) in [4.78, 5) is 28.5. The van der Waals surface area contributed by atoms with Crippen molar-refractivity contribution in [2.45, 2.75) is 6.92 Å². The Morgan fingerprint density at radius 2 is 2.00 bits per heavy atom. The van der Waals surface area contributed by atoms with E-state index >= 15 is 0 Å². The molecule has 2 aromatic heterocycles. The van der Waals surface area contributed by atoms with Crippen molar-refractivity contribution in [3.05, 3.63) is 65.1 Å². The average molecular weight is 399 g/mol. The Kier molecular flexibility index (Phi) is 6.07. The zero-order chi connectivity index (χ0) is 19.9. The van der Waals surface area contributed by atoms with Crippen molar-refractivity contribution in [3.63, 3.8) is 0 Å². The fourth-order valence-corrected chi connectivity index (χ4v) is 2.31. The summed E-state index contributed by atoms with van der Waals surface area (Å²) in [5.74, 6) is -0.607. The standard InChI is InChI=1S/C18H15ClN6O3/c1-12-22-23-24-25(12)15(9-13-5-3-2-4-6-13)18(27)28-11-17(26)21-16-8-7-14(19)10-20-16/h2-10H,11H2,1H3,(H,20,21,26)/b15-9+. The molecule has 3 aromatic rings. The lowest BCUT2D eigenvalue weighted by Crippen LogP contribution is -2.23. The molecule has 2 heterocycles. The highest BCUT2D eigenvalue weighted by molar-refractivity contribution is 6.30. The number of pyridine rings is 1. The molecule has 0 unspecified atom stereocenters. The van der Waals surface area contributed by atoms with Gasteiger partial charge in [0.2, 0.25) is 0 Å². The van der Waals surface area contributed by atoms with Crippen LogP contribution in [0, 0.1) is 6.92 Å². The minimum Gasteiger partial charge on any atom is -0.451 e. The largest absolute Gasteiger partial charge is 0.451 e. The number of hydrogen-bond donors (Lipinski definition) is 1. The fourth-order valence-electron chi connectivity index (χ4n) is 2.20. The first kappa shape index (κ1) is 19.2. The SMILES string of the molecule is Cc1nnnn1/C(=C/c1ccccc1)C(=O)OCC(=O)Nc1ccc(Cl)cn1. The second-order valence-corrected chi connectivity index (χ2v) is 6.00. The molecule has 0 spiro atoms. The van der Waals surface area contributed by atoms with Gasteiger partial charge in [-0.25, -0.2) is 9.78 Å². The van der Waals surface area contributed by atoms with E-state index in [2.05, 4.69) is 25.8 Å². The highest BCUT2D eigenvalue weighted by Crippen LogP contribution is 2.14. The molecule has 3 rings (SSSR count). The normalized spacial score (nSPS) is 11.1. The number of ether oxygens (including phenoxy) is 1. The number of tetrazole rings is 1. The Morgan fingerprint density at radius 1 is 1.21 bits per heavy atom. The Labute approximate surface area is 165 Å². The highest BCUT2D eigenvalue weighted by atomic mass is 35.5. The van der Waals surface area contributed by atoms with Gasteiger partial charge in [-0.1, -0.05) is 41.9 Å². The highest BCUT2D eigenvalue weighted by Gasteiger charge is 2.19. The lowest BCUT2D eigenvalue weighted by Gasteiger charge is -2.09. The Morgan fingerprint density at radius 3 is 2.64 bits per heavy atom. The Bertz CT molecular complexity index is 1000. The van der Waals surface area contributed by atoms with Crippen LogP contribution in [0.5, 0.6) is 0 Å². The van der Waals surface area contributed by atoms with E-state index in [1.165, 1.54) is 16.9 Å². The van der Waals surface area contributed by atoms with Crippen LogP contribution in [0.4, 0.5) is 5.82 Å². The minimum atomic E-state index is -0.751. The molecule has 1 aromatic carbocycles. The summed E-state index contributed by atoms with van der Waals surface area (Å²) in [7, 11) is 0. The fraction of sp³-hybridized carbons (Fsp3) is 0.111. The second kappa shape index (κ2) is 8.87. The van der Waals surface area contributed by atoms with Crippen LogP contribution >= 0.6 is 11.6 Å². The third-order valence-corrected chi connectivity index (χ3v) is 3.72. The quantitative estimate of drug-likeness (QED) is 0.500. The van der Waals surface area contributed by atoms with Gasteiger partial charge >= 0.3 is 5.97 Å². The minimum absolute atomic E-state index is 0.0751. The molecule has 142 valence electrons. The molecule has 0 bridgehead atoms. The first-order chi connectivity index (χ1) is 13.5. The van der Waals surface area contributed by atoms with Crippen LogP contribution in [0.2, 0.25) is 5.02 Å². The number of aromatic nitrogens is 5. The molecule has 0 atom stereocenters. The van der Waals surface area contributed by atoms with Crippen LogP contribution in [-0.2, 0) is 14.3 Å². The van der Waals surface area contributed by atoms with Gasteiger partial charge in [0, 0.05) is 6.20 Å². The van der Waals surface area contributed by atoms with Gasteiger partial charge in [-0.15, -0.1) is 5.10 Å². The van der Waals surface area contributed by atoms with Crippen LogP contribution < -0.4 is 5.32 Å². The lowest BCUT2D eigenvalue weighted by molar-refractivity contribution is -0.141. The van der Waals surface area contributed by atoms with Crippen molar-refractivity contribution in [1.29, 1.82) is 0 Å². The molecule has 28 heavy (non-hydrogen) atoms. The van der Waals surface area contributed by atoms with Gasteiger partial charge in [0.25, 0.3) is 5.91 Å².